The summed E-state index contributed by atoms with van der Waals surface area (Å²) in [5.74, 6) is 1.86. The van der Waals surface area contributed by atoms with Crippen LogP contribution in [0.3, 0.4) is 0 Å². The SMILES string of the molecule is CC1CCN(C(CN)c2ccco2)CC1. The van der Waals surface area contributed by atoms with Crippen molar-refractivity contribution in [1.29, 1.82) is 0 Å². The molecule has 0 bridgehead atoms. The minimum atomic E-state index is 0.271. The van der Waals surface area contributed by atoms with Gasteiger partial charge in [0.15, 0.2) is 0 Å². The maximum atomic E-state index is 5.83. The predicted octanol–water partition coefficient (Wildman–Crippen LogP) is 2.01. The Hall–Kier alpha value is -0.800. The molecule has 0 spiro atoms. The lowest BCUT2D eigenvalue weighted by atomic mass is 9.97. The van der Waals surface area contributed by atoms with Gasteiger partial charge in [0.2, 0.25) is 0 Å². The zero-order valence-corrected chi connectivity index (χ0v) is 9.36. The van der Waals surface area contributed by atoms with Crippen molar-refractivity contribution in [2.45, 2.75) is 25.8 Å². The van der Waals surface area contributed by atoms with Crippen molar-refractivity contribution in [1.82, 2.24) is 4.90 Å². The van der Waals surface area contributed by atoms with E-state index in [0.29, 0.717) is 6.54 Å². The lowest BCUT2D eigenvalue weighted by Crippen LogP contribution is -2.39. The van der Waals surface area contributed by atoms with Crippen molar-refractivity contribution in [3.8, 4) is 0 Å². The molecule has 1 aromatic rings. The van der Waals surface area contributed by atoms with Crippen LogP contribution in [0, 0.1) is 5.92 Å². The lowest BCUT2D eigenvalue weighted by Gasteiger charge is -2.35. The maximum Gasteiger partial charge on any atom is 0.122 e. The molecule has 0 radical (unpaired) electrons. The summed E-state index contributed by atoms with van der Waals surface area (Å²) in [5.41, 5.74) is 5.83. The molecule has 1 aliphatic rings. The van der Waals surface area contributed by atoms with Gasteiger partial charge in [-0.3, -0.25) is 4.90 Å². The molecule has 1 aliphatic heterocycles. The van der Waals surface area contributed by atoms with Gasteiger partial charge in [0.1, 0.15) is 5.76 Å². The molecule has 0 amide bonds. The molecule has 0 saturated carbocycles. The largest absolute Gasteiger partial charge is 0.468 e. The average Bonchev–Trinajstić information content (AvgIpc) is 2.75. The van der Waals surface area contributed by atoms with E-state index in [2.05, 4.69) is 11.8 Å². The van der Waals surface area contributed by atoms with Gasteiger partial charge in [-0.25, -0.2) is 0 Å². The molecule has 1 atom stereocenters. The lowest BCUT2D eigenvalue weighted by molar-refractivity contribution is 0.127. The van der Waals surface area contributed by atoms with Gasteiger partial charge in [0.25, 0.3) is 0 Å². The van der Waals surface area contributed by atoms with Crippen LogP contribution in [0.5, 0.6) is 0 Å². The van der Waals surface area contributed by atoms with Crippen molar-refractivity contribution in [2.75, 3.05) is 19.6 Å². The zero-order chi connectivity index (χ0) is 10.7. The van der Waals surface area contributed by atoms with Crippen LogP contribution in [0.2, 0.25) is 0 Å². The Morgan fingerprint density at radius 3 is 2.80 bits per heavy atom. The Balaban J connectivity index is 2.01. The predicted molar refractivity (Wildman–Crippen MR) is 60.5 cm³/mol. The summed E-state index contributed by atoms with van der Waals surface area (Å²) in [6.45, 7) is 5.25. The Morgan fingerprint density at radius 1 is 1.53 bits per heavy atom. The molecule has 2 rings (SSSR count). The molecule has 2 heterocycles. The van der Waals surface area contributed by atoms with Crippen LogP contribution in [0.1, 0.15) is 31.6 Å². The van der Waals surface area contributed by atoms with E-state index >= 15 is 0 Å². The minimum absolute atomic E-state index is 0.271. The molecule has 3 nitrogen and oxygen atoms in total. The fraction of sp³-hybridized carbons (Fsp3) is 0.667. The smallest absolute Gasteiger partial charge is 0.122 e. The summed E-state index contributed by atoms with van der Waals surface area (Å²) >= 11 is 0. The molecule has 0 aromatic carbocycles. The van der Waals surface area contributed by atoms with Gasteiger partial charge < -0.3 is 10.2 Å². The number of furan rings is 1. The molecule has 0 aliphatic carbocycles. The van der Waals surface area contributed by atoms with Crippen LogP contribution < -0.4 is 5.73 Å². The highest BCUT2D eigenvalue weighted by Crippen LogP contribution is 2.26. The van der Waals surface area contributed by atoms with Gasteiger partial charge in [0, 0.05) is 6.54 Å². The molecule has 2 N–H and O–H groups in total. The van der Waals surface area contributed by atoms with Crippen molar-refractivity contribution in [2.24, 2.45) is 11.7 Å². The summed E-state index contributed by atoms with van der Waals surface area (Å²) in [5, 5.41) is 0. The van der Waals surface area contributed by atoms with Gasteiger partial charge in [-0.05, 0) is 44.0 Å². The van der Waals surface area contributed by atoms with E-state index in [4.69, 9.17) is 10.2 Å². The summed E-state index contributed by atoms with van der Waals surface area (Å²) in [6.07, 6.45) is 4.28. The van der Waals surface area contributed by atoms with Crippen molar-refractivity contribution in [3.63, 3.8) is 0 Å². The van der Waals surface area contributed by atoms with Crippen molar-refractivity contribution in [3.05, 3.63) is 24.2 Å². The van der Waals surface area contributed by atoms with E-state index in [1.165, 1.54) is 12.8 Å². The number of rotatable bonds is 3. The summed E-state index contributed by atoms with van der Waals surface area (Å²) in [7, 11) is 0. The van der Waals surface area contributed by atoms with Crippen LogP contribution in [-0.4, -0.2) is 24.5 Å². The second-order valence-electron chi connectivity index (χ2n) is 4.49. The topological polar surface area (TPSA) is 42.4 Å². The van der Waals surface area contributed by atoms with Gasteiger partial charge in [-0.2, -0.15) is 0 Å². The Labute approximate surface area is 91.2 Å². The summed E-state index contributed by atoms with van der Waals surface area (Å²) < 4.78 is 5.44. The first-order chi connectivity index (χ1) is 7.31. The maximum absolute atomic E-state index is 5.83. The van der Waals surface area contributed by atoms with E-state index in [0.717, 1.165) is 24.8 Å². The standard InChI is InChI=1S/C12H20N2O/c1-10-4-6-14(7-5-10)11(9-13)12-3-2-8-15-12/h2-3,8,10-11H,4-7,9,13H2,1H3. The summed E-state index contributed by atoms with van der Waals surface area (Å²) in [6, 6.07) is 4.23. The zero-order valence-electron chi connectivity index (χ0n) is 9.36. The second-order valence-corrected chi connectivity index (χ2v) is 4.49. The fourth-order valence-corrected chi connectivity index (χ4v) is 2.27. The number of hydrogen-bond donors (Lipinski definition) is 1. The third-order valence-corrected chi connectivity index (χ3v) is 3.35. The highest BCUT2D eigenvalue weighted by molar-refractivity contribution is 5.05. The van der Waals surface area contributed by atoms with E-state index < -0.39 is 0 Å². The summed E-state index contributed by atoms with van der Waals surface area (Å²) in [4.78, 5) is 2.44. The van der Waals surface area contributed by atoms with E-state index in [1.54, 1.807) is 6.26 Å². The highest BCUT2D eigenvalue weighted by Gasteiger charge is 2.24. The molecule has 1 fully saturated rings. The average molecular weight is 208 g/mol. The normalized spacial score (nSPS) is 21.7. The number of hydrogen-bond acceptors (Lipinski definition) is 3. The van der Waals surface area contributed by atoms with Gasteiger partial charge in [0.05, 0.1) is 12.3 Å². The molecule has 84 valence electrons. The first-order valence-corrected chi connectivity index (χ1v) is 5.78. The Kier molecular flexibility index (Phi) is 3.44. The molecule has 3 heteroatoms. The Bertz CT molecular complexity index is 276. The molecular formula is C12H20N2O. The van der Waals surface area contributed by atoms with Crippen LogP contribution in [-0.2, 0) is 0 Å². The minimum Gasteiger partial charge on any atom is -0.468 e. The molecular weight excluding hydrogens is 188 g/mol. The van der Waals surface area contributed by atoms with E-state index in [9.17, 15) is 0 Å². The molecule has 1 saturated heterocycles. The molecule has 15 heavy (non-hydrogen) atoms. The van der Waals surface area contributed by atoms with Crippen LogP contribution >= 0.6 is 0 Å². The van der Waals surface area contributed by atoms with E-state index in [-0.39, 0.29) is 6.04 Å². The Morgan fingerprint density at radius 2 is 2.27 bits per heavy atom. The van der Waals surface area contributed by atoms with E-state index in [1.807, 2.05) is 12.1 Å². The third kappa shape index (κ3) is 2.41. The number of likely N-dealkylation sites (tertiary alicyclic amines) is 1. The van der Waals surface area contributed by atoms with Crippen LogP contribution in [0.15, 0.2) is 22.8 Å². The number of nitrogens with two attached hydrogens (primary N) is 1. The monoisotopic (exact) mass is 208 g/mol. The van der Waals surface area contributed by atoms with Crippen LogP contribution in [0.25, 0.3) is 0 Å². The van der Waals surface area contributed by atoms with Crippen LogP contribution in [0.4, 0.5) is 0 Å². The third-order valence-electron chi connectivity index (χ3n) is 3.35. The van der Waals surface area contributed by atoms with Gasteiger partial charge in [-0.15, -0.1) is 0 Å². The first kappa shape index (κ1) is 10.7. The number of nitrogens with zero attached hydrogens (tertiary/aromatic N) is 1. The molecule has 1 unspecified atom stereocenters. The highest BCUT2D eigenvalue weighted by atomic mass is 16.3. The molecule has 1 aromatic heterocycles. The quantitative estimate of drug-likeness (QED) is 0.826. The van der Waals surface area contributed by atoms with Crippen molar-refractivity contribution < 1.29 is 4.42 Å². The number of piperidine rings is 1. The van der Waals surface area contributed by atoms with Gasteiger partial charge in [-0.1, -0.05) is 6.92 Å². The second kappa shape index (κ2) is 4.81. The fourth-order valence-electron chi connectivity index (χ4n) is 2.27. The van der Waals surface area contributed by atoms with Crippen molar-refractivity contribution >= 4 is 0 Å². The first-order valence-electron chi connectivity index (χ1n) is 5.78. The van der Waals surface area contributed by atoms with Gasteiger partial charge >= 0.3 is 0 Å².